The van der Waals surface area contributed by atoms with E-state index in [2.05, 4.69) is 19.9 Å². The largest absolute Gasteiger partial charge is 0.493 e. The van der Waals surface area contributed by atoms with Crippen molar-refractivity contribution >= 4 is 0 Å². The predicted octanol–water partition coefficient (Wildman–Crippen LogP) is 3.28. The Bertz CT molecular complexity index is 286. The minimum atomic E-state index is 0.100. The lowest BCUT2D eigenvalue weighted by Crippen LogP contribution is -2.11. The smallest absolute Gasteiger partial charge is 0.124 e. The molecule has 2 heteroatoms. The molecule has 2 nitrogen and oxygen atoms in total. The highest BCUT2D eigenvalue weighted by molar-refractivity contribution is 5.35. The first-order chi connectivity index (χ1) is 7.29. The number of hydrogen-bond acceptors (Lipinski definition) is 2. The summed E-state index contributed by atoms with van der Waals surface area (Å²) in [5, 5.41) is 0. The summed E-state index contributed by atoms with van der Waals surface area (Å²) >= 11 is 0. The number of rotatable bonds is 6. The number of benzene rings is 1. The summed E-state index contributed by atoms with van der Waals surface area (Å²) in [6.07, 6.45) is 3.13. The molecule has 0 spiro atoms. The van der Waals surface area contributed by atoms with Crippen LogP contribution in [0.1, 0.15) is 44.7 Å². The molecule has 0 aliphatic carbocycles. The Morgan fingerprint density at radius 1 is 1.20 bits per heavy atom. The van der Waals surface area contributed by atoms with Gasteiger partial charge in [0.25, 0.3) is 0 Å². The first kappa shape index (κ1) is 12.1. The van der Waals surface area contributed by atoms with Crippen LogP contribution in [-0.4, -0.2) is 6.61 Å². The van der Waals surface area contributed by atoms with E-state index in [1.807, 2.05) is 18.2 Å². The van der Waals surface area contributed by atoms with E-state index < -0.39 is 0 Å². The van der Waals surface area contributed by atoms with E-state index in [0.29, 0.717) is 0 Å². The third-order valence-electron chi connectivity index (χ3n) is 2.38. The van der Waals surface area contributed by atoms with Gasteiger partial charge in [0.1, 0.15) is 5.75 Å². The molecule has 84 valence electrons. The topological polar surface area (TPSA) is 35.2 Å². The lowest BCUT2D eigenvalue weighted by atomic mass is 10.0. The number of hydrogen-bond donors (Lipinski definition) is 1. The van der Waals surface area contributed by atoms with Crippen molar-refractivity contribution in [2.45, 2.75) is 39.2 Å². The second kappa shape index (κ2) is 6.46. The van der Waals surface area contributed by atoms with Crippen LogP contribution < -0.4 is 10.5 Å². The van der Waals surface area contributed by atoms with Crippen molar-refractivity contribution in [2.24, 2.45) is 5.73 Å². The van der Waals surface area contributed by atoms with Crippen molar-refractivity contribution in [1.82, 2.24) is 0 Å². The summed E-state index contributed by atoms with van der Waals surface area (Å²) in [5.74, 6) is 0.945. The molecule has 1 aromatic rings. The molecular weight excluding hydrogens is 186 g/mol. The average molecular weight is 207 g/mol. The molecule has 0 aliphatic rings. The fourth-order valence-electron chi connectivity index (χ4n) is 1.60. The predicted molar refractivity (Wildman–Crippen MR) is 64.1 cm³/mol. The summed E-state index contributed by atoms with van der Waals surface area (Å²) in [5.41, 5.74) is 7.23. The molecule has 0 radical (unpaired) electrons. The average Bonchev–Trinajstić information content (AvgIpc) is 2.27. The molecular formula is C13H21NO. The van der Waals surface area contributed by atoms with Crippen LogP contribution in [0, 0.1) is 0 Å². The van der Waals surface area contributed by atoms with E-state index in [9.17, 15) is 0 Å². The monoisotopic (exact) mass is 207 g/mol. The molecule has 0 aliphatic heterocycles. The molecule has 0 saturated carbocycles. The SMILES string of the molecule is CCCOc1ccccc1[C@H](N)CCC. The second-order valence-electron chi connectivity index (χ2n) is 3.78. The van der Waals surface area contributed by atoms with Gasteiger partial charge in [-0.15, -0.1) is 0 Å². The molecule has 15 heavy (non-hydrogen) atoms. The highest BCUT2D eigenvalue weighted by Gasteiger charge is 2.10. The van der Waals surface area contributed by atoms with Crippen molar-refractivity contribution in [3.05, 3.63) is 29.8 Å². The molecule has 0 heterocycles. The van der Waals surface area contributed by atoms with Crippen LogP contribution in [0.4, 0.5) is 0 Å². The molecule has 1 aromatic carbocycles. The maximum atomic E-state index is 6.10. The van der Waals surface area contributed by atoms with Crippen molar-refractivity contribution in [2.75, 3.05) is 6.61 Å². The zero-order chi connectivity index (χ0) is 11.1. The van der Waals surface area contributed by atoms with E-state index in [1.165, 1.54) is 0 Å². The van der Waals surface area contributed by atoms with E-state index in [-0.39, 0.29) is 6.04 Å². The van der Waals surface area contributed by atoms with Crippen molar-refractivity contribution < 1.29 is 4.74 Å². The minimum Gasteiger partial charge on any atom is -0.493 e. The Hall–Kier alpha value is -1.02. The number of para-hydroxylation sites is 1. The first-order valence-electron chi connectivity index (χ1n) is 5.76. The fourth-order valence-corrected chi connectivity index (χ4v) is 1.60. The van der Waals surface area contributed by atoms with E-state index in [4.69, 9.17) is 10.5 Å². The highest BCUT2D eigenvalue weighted by Crippen LogP contribution is 2.26. The van der Waals surface area contributed by atoms with Gasteiger partial charge in [-0.2, -0.15) is 0 Å². The van der Waals surface area contributed by atoms with Gasteiger partial charge in [-0.3, -0.25) is 0 Å². The molecule has 2 N–H and O–H groups in total. The Balaban J connectivity index is 2.75. The minimum absolute atomic E-state index is 0.100. The van der Waals surface area contributed by atoms with E-state index in [0.717, 1.165) is 37.2 Å². The lowest BCUT2D eigenvalue weighted by Gasteiger charge is -2.16. The van der Waals surface area contributed by atoms with Gasteiger partial charge in [-0.25, -0.2) is 0 Å². The van der Waals surface area contributed by atoms with Crippen molar-refractivity contribution in [1.29, 1.82) is 0 Å². The summed E-state index contributed by atoms with van der Waals surface area (Å²) in [4.78, 5) is 0. The summed E-state index contributed by atoms with van der Waals surface area (Å²) < 4.78 is 5.67. The Labute approximate surface area is 92.4 Å². The molecule has 0 saturated heterocycles. The van der Waals surface area contributed by atoms with Gasteiger partial charge in [0.05, 0.1) is 6.61 Å². The van der Waals surface area contributed by atoms with Gasteiger partial charge in [-0.1, -0.05) is 38.5 Å². The zero-order valence-corrected chi connectivity index (χ0v) is 9.70. The normalized spacial score (nSPS) is 12.5. The molecule has 0 bridgehead atoms. The third kappa shape index (κ3) is 3.56. The third-order valence-corrected chi connectivity index (χ3v) is 2.38. The van der Waals surface area contributed by atoms with Gasteiger partial charge in [0, 0.05) is 11.6 Å². The van der Waals surface area contributed by atoms with Gasteiger partial charge in [-0.05, 0) is 18.9 Å². The summed E-state index contributed by atoms with van der Waals surface area (Å²) in [6, 6.07) is 8.17. The second-order valence-corrected chi connectivity index (χ2v) is 3.78. The maximum absolute atomic E-state index is 6.10. The van der Waals surface area contributed by atoms with Crippen LogP contribution in [0.25, 0.3) is 0 Å². The van der Waals surface area contributed by atoms with Gasteiger partial charge >= 0.3 is 0 Å². The molecule has 0 amide bonds. The Morgan fingerprint density at radius 2 is 1.93 bits per heavy atom. The number of nitrogens with two attached hydrogens (primary N) is 1. The highest BCUT2D eigenvalue weighted by atomic mass is 16.5. The molecule has 1 rings (SSSR count). The Kier molecular flexibility index (Phi) is 5.19. The van der Waals surface area contributed by atoms with Crippen molar-refractivity contribution in [3.8, 4) is 5.75 Å². The molecule has 0 unspecified atom stereocenters. The summed E-state index contributed by atoms with van der Waals surface area (Å²) in [6.45, 7) is 5.01. The van der Waals surface area contributed by atoms with Gasteiger partial charge in [0.2, 0.25) is 0 Å². The number of ether oxygens (including phenoxy) is 1. The standard InChI is InChI=1S/C13H21NO/c1-3-7-12(14)11-8-5-6-9-13(11)15-10-4-2/h5-6,8-9,12H,3-4,7,10,14H2,1-2H3/t12-/m1/s1. The van der Waals surface area contributed by atoms with Crippen LogP contribution in [0.3, 0.4) is 0 Å². The molecule has 0 aromatic heterocycles. The quantitative estimate of drug-likeness (QED) is 0.777. The maximum Gasteiger partial charge on any atom is 0.124 e. The molecule has 1 atom stereocenters. The fraction of sp³-hybridized carbons (Fsp3) is 0.538. The molecule has 0 fully saturated rings. The Morgan fingerprint density at radius 3 is 2.60 bits per heavy atom. The lowest BCUT2D eigenvalue weighted by molar-refractivity contribution is 0.311. The van der Waals surface area contributed by atoms with Crippen LogP contribution in [0.2, 0.25) is 0 Å². The van der Waals surface area contributed by atoms with Gasteiger partial charge in [0.15, 0.2) is 0 Å². The van der Waals surface area contributed by atoms with E-state index in [1.54, 1.807) is 0 Å². The van der Waals surface area contributed by atoms with Crippen LogP contribution in [0.15, 0.2) is 24.3 Å². The zero-order valence-electron chi connectivity index (χ0n) is 9.70. The van der Waals surface area contributed by atoms with Crippen LogP contribution >= 0.6 is 0 Å². The van der Waals surface area contributed by atoms with Crippen LogP contribution in [0.5, 0.6) is 5.75 Å². The van der Waals surface area contributed by atoms with Crippen LogP contribution in [-0.2, 0) is 0 Å². The first-order valence-corrected chi connectivity index (χ1v) is 5.76. The van der Waals surface area contributed by atoms with Crippen molar-refractivity contribution in [3.63, 3.8) is 0 Å². The van der Waals surface area contributed by atoms with Gasteiger partial charge < -0.3 is 10.5 Å². The van der Waals surface area contributed by atoms with E-state index >= 15 is 0 Å². The summed E-state index contributed by atoms with van der Waals surface area (Å²) in [7, 11) is 0.